The highest BCUT2D eigenvalue weighted by molar-refractivity contribution is 5.28. The fourth-order valence-corrected chi connectivity index (χ4v) is 2.13. The van der Waals surface area contributed by atoms with Crippen LogP contribution >= 0.6 is 0 Å². The van der Waals surface area contributed by atoms with Gasteiger partial charge in [0.15, 0.2) is 0 Å². The second-order valence-corrected chi connectivity index (χ2v) is 5.39. The molecule has 19 heavy (non-hydrogen) atoms. The lowest BCUT2D eigenvalue weighted by Gasteiger charge is -2.16. The average molecular weight is 258 g/mol. The maximum Gasteiger partial charge on any atom is 0.145 e. The zero-order chi connectivity index (χ0) is 13.8. The van der Waals surface area contributed by atoms with E-state index in [1.54, 1.807) is 0 Å². The van der Waals surface area contributed by atoms with Gasteiger partial charge in [-0.3, -0.25) is 10.00 Å². The van der Waals surface area contributed by atoms with Gasteiger partial charge in [-0.25, -0.2) is 0 Å². The van der Waals surface area contributed by atoms with Crippen LogP contribution in [-0.4, -0.2) is 22.1 Å². The summed E-state index contributed by atoms with van der Waals surface area (Å²) in [6.45, 7) is 6.15. The summed E-state index contributed by atoms with van der Waals surface area (Å²) < 4.78 is 0. The van der Waals surface area contributed by atoms with E-state index in [9.17, 15) is 0 Å². The Labute approximate surface area is 114 Å². The molecule has 4 heteroatoms. The SMILES string of the molecule is CC(C)c1ccc(CN(C)Cc2cc(N)n[nH]2)cc1. The van der Waals surface area contributed by atoms with Crippen molar-refractivity contribution in [1.29, 1.82) is 0 Å². The Hall–Kier alpha value is -1.81. The number of hydrogen-bond acceptors (Lipinski definition) is 3. The Balaban J connectivity index is 1.93. The summed E-state index contributed by atoms with van der Waals surface area (Å²) in [6, 6.07) is 10.7. The van der Waals surface area contributed by atoms with Gasteiger partial charge in [0.25, 0.3) is 0 Å². The lowest BCUT2D eigenvalue weighted by Crippen LogP contribution is -2.17. The molecule has 0 atom stereocenters. The molecule has 0 spiro atoms. The van der Waals surface area contributed by atoms with Crippen molar-refractivity contribution in [3.05, 3.63) is 47.2 Å². The minimum atomic E-state index is 0.546. The van der Waals surface area contributed by atoms with E-state index in [1.165, 1.54) is 11.1 Å². The second kappa shape index (κ2) is 5.89. The van der Waals surface area contributed by atoms with Crippen molar-refractivity contribution in [3.8, 4) is 0 Å². The quantitative estimate of drug-likeness (QED) is 0.867. The highest BCUT2D eigenvalue weighted by Gasteiger charge is 2.05. The molecular formula is C15H22N4. The van der Waals surface area contributed by atoms with Crippen molar-refractivity contribution in [3.63, 3.8) is 0 Å². The van der Waals surface area contributed by atoms with Crippen LogP contribution in [0.15, 0.2) is 30.3 Å². The van der Waals surface area contributed by atoms with Crippen LogP contribution in [0.5, 0.6) is 0 Å². The minimum Gasteiger partial charge on any atom is -0.382 e. The zero-order valence-corrected chi connectivity index (χ0v) is 11.9. The molecule has 0 aliphatic carbocycles. The number of rotatable bonds is 5. The average Bonchev–Trinajstić information content (AvgIpc) is 2.75. The first-order chi connectivity index (χ1) is 9.04. The van der Waals surface area contributed by atoms with Crippen LogP contribution in [0.4, 0.5) is 5.82 Å². The molecule has 0 aliphatic rings. The van der Waals surface area contributed by atoms with E-state index in [0.29, 0.717) is 11.7 Å². The number of nitrogens with one attached hydrogen (secondary N) is 1. The number of nitrogens with zero attached hydrogens (tertiary/aromatic N) is 2. The molecule has 1 aromatic carbocycles. The third kappa shape index (κ3) is 3.83. The first-order valence-electron chi connectivity index (χ1n) is 6.61. The van der Waals surface area contributed by atoms with Crippen molar-refractivity contribution in [2.75, 3.05) is 12.8 Å². The van der Waals surface area contributed by atoms with Crippen LogP contribution in [0.25, 0.3) is 0 Å². The number of anilines is 1. The standard InChI is InChI=1S/C15H22N4/c1-11(2)13-6-4-12(5-7-13)9-19(3)10-14-8-15(16)18-17-14/h4-8,11H,9-10H2,1-3H3,(H3,16,17,18). The number of nitrogens with two attached hydrogens (primary N) is 1. The number of H-pyrrole nitrogens is 1. The van der Waals surface area contributed by atoms with E-state index in [0.717, 1.165) is 18.8 Å². The van der Waals surface area contributed by atoms with Crippen LogP contribution in [0.1, 0.15) is 36.6 Å². The third-order valence-corrected chi connectivity index (χ3v) is 3.19. The van der Waals surface area contributed by atoms with Crippen LogP contribution in [-0.2, 0) is 13.1 Å². The maximum atomic E-state index is 5.59. The van der Waals surface area contributed by atoms with Crippen molar-refractivity contribution in [1.82, 2.24) is 15.1 Å². The lowest BCUT2D eigenvalue weighted by atomic mass is 10.0. The van der Waals surface area contributed by atoms with Gasteiger partial charge in [-0.2, -0.15) is 5.10 Å². The van der Waals surface area contributed by atoms with Gasteiger partial charge in [-0.05, 0) is 24.1 Å². The molecule has 2 aromatic rings. The molecule has 102 valence electrons. The molecule has 0 bridgehead atoms. The Bertz CT molecular complexity index is 513. The first kappa shape index (κ1) is 13.6. The molecule has 0 unspecified atom stereocenters. The molecule has 0 amide bonds. The molecular weight excluding hydrogens is 236 g/mol. The maximum absolute atomic E-state index is 5.59. The summed E-state index contributed by atoms with van der Waals surface area (Å²) in [4.78, 5) is 2.23. The predicted molar refractivity (Wildman–Crippen MR) is 78.7 cm³/mol. The topological polar surface area (TPSA) is 57.9 Å². The number of nitrogen functional groups attached to an aromatic ring is 1. The molecule has 1 heterocycles. The molecule has 3 N–H and O–H groups in total. The normalized spacial score (nSPS) is 11.4. The second-order valence-electron chi connectivity index (χ2n) is 5.39. The van der Waals surface area contributed by atoms with E-state index < -0.39 is 0 Å². The summed E-state index contributed by atoms with van der Waals surface area (Å²) >= 11 is 0. The first-order valence-corrected chi connectivity index (χ1v) is 6.61. The van der Waals surface area contributed by atoms with Crippen LogP contribution < -0.4 is 5.73 Å². The molecule has 0 aliphatic heterocycles. The molecule has 4 nitrogen and oxygen atoms in total. The monoisotopic (exact) mass is 258 g/mol. The number of benzene rings is 1. The minimum absolute atomic E-state index is 0.546. The highest BCUT2D eigenvalue weighted by Crippen LogP contribution is 2.16. The van der Waals surface area contributed by atoms with Crippen molar-refractivity contribution < 1.29 is 0 Å². The van der Waals surface area contributed by atoms with Crippen molar-refractivity contribution >= 4 is 5.82 Å². The van der Waals surface area contributed by atoms with E-state index >= 15 is 0 Å². The van der Waals surface area contributed by atoms with E-state index in [-0.39, 0.29) is 0 Å². The molecule has 1 aromatic heterocycles. The van der Waals surface area contributed by atoms with Gasteiger partial charge >= 0.3 is 0 Å². The van der Waals surface area contributed by atoms with E-state index in [2.05, 4.69) is 60.3 Å². The fourth-order valence-electron chi connectivity index (χ4n) is 2.13. The van der Waals surface area contributed by atoms with Crippen LogP contribution in [0, 0.1) is 0 Å². The largest absolute Gasteiger partial charge is 0.382 e. The van der Waals surface area contributed by atoms with E-state index in [4.69, 9.17) is 5.73 Å². The van der Waals surface area contributed by atoms with E-state index in [1.807, 2.05) is 6.07 Å². The summed E-state index contributed by atoms with van der Waals surface area (Å²) in [6.07, 6.45) is 0. The van der Waals surface area contributed by atoms with Gasteiger partial charge in [0.05, 0.1) is 5.69 Å². The molecule has 0 radical (unpaired) electrons. The van der Waals surface area contributed by atoms with Gasteiger partial charge in [-0.1, -0.05) is 38.1 Å². The van der Waals surface area contributed by atoms with Crippen LogP contribution in [0.3, 0.4) is 0 Å². The Morgan fingerprint density at radius 3 is 2.42 bits per heavy atom. The third-order valence-electron chi connectivity index (χ3n) is 3.19. The summed E-state index contributed by atoms with van der Waals surface area (Å²) in [5, 5.41) is 6.86. The Kier molecular flexibility index (Phi) is 4.22. The predicted octanol–water partition coefficient (Wildman–Crippen LogP) is 2.75. The number of aromatic nitrogens is 2. The zero-order valence-electron chi connectivity index (χ0n) is 11.9. The Morgan fingerprint density at radius 2 is 1.89 bits per heavy atom. The van der Waals surface area contributed by atoms with Crippen molar-refractivity contribution in [2.24, 2.45) is 0 Å². The van der Waals surface area contributed by atoms with Crippen LogP contribution in [0.2, 0.25) is 0 Å². The van der Waals surface area contributed by atoms with Gasteiger partial charge in [-0.15, -0.1) is 0 Å². The van der Waals surface area contributed by atoms with Gasteiger partial charge in [0.1, 0.15) is 5.82 Å². The van der Waals surface area contributed by atoms with Gasteiger partial charge in [0, 0.05) is 19.2 Å². The fraction of sp³-hybridized carbons (Fsp3) is 0.400. The van der Waals surface area contributed by atoms with Gasteiger partial charge < -0.3 is 5.73 Å². The van der Waals surface area contributed by atoms with Gasteiger partial charge in [0.2, 0.25) is 0 Å². The molecule has 0 saturated carbocycles. The molecule has 0 fully saturated rings. The summed E-state index contributed by atoms with van der Waals surface area (Å²) in [5.41, 5.74) is 9.33. The highest BCUT2D eigenvalue weighted by atomic mass is 15.2. The smallest absolute Gasteiger partial charge is 0.145 e. The van der Waals surface area contributed by atoms with Crippen molar-refractivity contribution in [2.45, 2.75) is 32.9 Å². The summed E-state index contributed by atoms with van der Waals surface area (Å²) in [5.74, 6) is 1.13. The number of hydrogen-bond donors (Lipinski definition) is 2. The molecule has 0 saturated heterocycles. The Morgan fingerprint density at radius 1 is 1.21 bits per heavy atom. The summed E-state index contributed by atoms with van der Waals surface area (Å²) in [7, 11) is 2.09. The lowest BCUT2D eigenvalue weighted by molar-refractivity contribution is 0.315. The molecule has 2 rings (SSSR count). The number of aromatic amines is 1.